The van der Waals surface area contributed by atoms with Crippen molar-refractivity contribution < 1.29 is 23.9 Å². The Labute approximate surface area is 157 Å². The van der Waals surface area contributed by atoms with Gasteiger partial charge in [0.1, 0.15) is 6.21 Å². The van der Waals surface area contributed by atoms with E-state index in [1.165, 1.54) is 6.21 Å². The lowest BCUT2D eigenvalue weighted by Gasteiger charge is -2.03. The van der Waals surface area contributed by atoms with E-state index in [1.807, 2.05) is 77.0 Å². The summed E-state index contributed by atoms with van der Waals surface area (Å²) < 4.78 is 9.34. The van der Waals surface area contributed by atoms with Gasteiger partial charge >= 0.3 is 0 Å². The molecule has 0 saturated carbocycles. The first-order chi connectivity index (χ1) is 13.2. The van der Waals surface area contributed by atoms with Crippen LogP contribution in [0, 0.1) is 6.92 Å². The largest absolute Gasteiger partial charge is 0.411 e. The molecule has 0 radical (unpaired) electrons. The summed E-state index contributed by atoms with van der Waals surface area (Å²) in [6.07, 6.45) is 6.79. The van der Waals surface area contributed by atoms with Gasteiger partial charge in [0.05, 0.1) is 5.56 Å². The molecule has 0 aliphatic carbocycles. The fraction of sp³-hybridized carbons (Fsp3) is 0.143. The molecule has 0 aliphatic heterocycles. The number of benzene rings is 1. The number of ketones is 1. The first-order valence-electron chi connectivity index (χ1n) is 8.51. The third kappa shape index (κ3) is 4.83. The minimum atomic E-state index is -0.0248. The van der Waals surface area contributed by atoms with Gasteiger partial charge in [-0.1, -0.05) is 35.0 Å². The molecule has 0 amide bonds. The van der Waals surface area contributed by atoms with Crippen molar-refractivity contribution >= 4 is 12.0 Å². The summed E-state index contributed by atoms with van der Waals surface area (Å²) in [5.41, 5.74) is 3.10. The molecule has 6 heteroatoms. The van der Waals surface area contributed by atoms with Gasteiger partial charge in [0, 0.05) is 23.8 Å². The fourth-order valence-corrected chi connectivity index (χ4v) is 2.64. The van der Waals surface area contributed by atoms with Crippen LogP contribution < -0.4 is 9.13 Å². The molecule has 0 fully saturated rings. The van der Waals surface area contributed by atoms with E-state index in [4.69, 9.17) is 9.94 Å². The predicted octanol–water partition coefficient (Wildman–Crippen LogP) is 2.24. The molecule has 0 saturated heterocycles. The molecule has 6 nitrogen and oxygen atoms in total. The number of hydrogen-bond acceptors (Lipinski definition) is 4. The molecular weight excluding hydrogens is 342 g/mol. The van der Waals surface area contributed by atoms with Gasteiger partial charge in [-0.3, -0.25) is 9.53 Å². The third-order valence-electron chi connectivity index (χ3n) is 4.07. The van der Waals surface area contributed by atoms with Crippen LogP contribution in [0.5, 0.6) is 0 Å². The Balaban J connectivity index is 1.66. The Morgan fingerprint density at radius 2 is 1.85 bits per heavy atom. The molecule has 0 atom stereocenters. The standard InChI is InChI=1S/C21H20N3O3/c1-17-7-9-18(10-8-17)21(25)19-5-4-11-23(14-19)15-27-16-24-12-3-2-6-20(24)13-22-26/h2-14H,15-16H2,1H3/q+1/p+1. The number of aryl methyl sites for hydroxylation is 1. The number of carbonyl (C=O) groups is 1. The van der Waals surface area contributed by atoms with E-state index in [0.717, 1.165) is 5.56 Å². The number of rotatable bonds is 7. The molecular formula is C21H21N3O3+2. The van der Waals surface area contributed by atoms with E-state index in [2.05, 4.69) is 5.16 Å². The Morgan fingerprint density at radius 3 is 2.63 bits per heavy atom. The van der Waals surface area contributed by atoms with Gasteiger partial charge in [0.15, 0.2) is 24.4 Å². The van der Waals surface area contributed by atoms with Gasteiger partial charge in [-0.15, -0.1) is 0 Å². The van der Waals surface area contributed by atoms with E-state index < -0.39 is 0 Å². The van der Waals surface area contributed by atoms with Crippen molar-refractivity contribution in [1.82, 2.24) is 0 Å². The second-order valence-corrected chi connectivity index (χ2v) is 6.10. The van der Waals surface area contributed by atoms with Gasteiger partial charge in [-0.25, -0.2) is 0 Å². The van der Waals surface area contributed by atoms with Crippen molar-refractivity contribution in [2.24, 2.45) is 5.16 Å². The van der Waals surface area contributed by atoms with Crippen LogP contribution in [0.3, 0.4) is 0 Å². The van der Waals surface area contributed by atoms with Crippen molar-refractivity contribution in [3.8, 4) is 0 Å². The maximum absolute atomic E-state index is 12.6. The molecule has 0 unspecified atom stereocenters. The Kier molecular flexibility index (Phi) is 6.02. The molecule has 1 aromatic carbocycles. The van der Waals surface area contributed by atoms with Crippen molar-refractivity contribution in [3.05, 3.63) is 95.6 Å². The molecule has 3 rings (SSSR count). The molecule has 1 N–H and O–H groups in total. The number of oxime groups is 1. The minimum Gasteiger partial charge on any atom is -0.411 e. The van der Waals surface area contributed by atoms with Gasteiger partial charge < -0.3 is 5.21 Å². The van der Waals surface area contributed by atoms with Gasteiger partial charge in [-0.2, -0.15) is 9.13 Å². The van der Waals surface area contributed by atoms with Crippen LogP contribution in [0.15, 0.2) is 78.3 Å². The zero-order valence-corrected chi connectivity index (χ0v) is 15.0. The van der Waals surface area contributed by atoms with Crippen molar-refractivity contribution in [2.45, 2.75) is 20.4 Å². The minimum absolute atomic E-state index is 0.0248. The normalized spacial score (nSPS) is 11.0. The predicted molar refractivity (Wildman–Crippen MR) is 98.4 cm³/mol. The Hall–Kier alpha value is -3.38. The zero-order chi connectivity index (χ0) is 19.1. The fourth-order valence-electron chi connectivity index (χ4n) is 2.64. The molecule has 2 aromatic heterocycles. The first-order valence-corrected chi connectivity index (χ1v) is 8.51. The smallest absolute Gasteiger partial charge is 0.258 e. The summed E-state index contributed by atoms with van der Waals surface area (Å²) >= 11 is 0. The van der Waals surface area contributed by atoms with E-state index >= 15 is 0 Å². The molecule has 0 bridgehead atoms. The van der Waals surface area contributed by atoms with Gasteiger partial charge in [0.2, 0.25) is 5.69 Å². The van der Waals surface area contributed by atoms with Crippen molar-refractivity contribution in [2.75, 3.05) is 0 Å². The highest BCUT2D eigenvalue weighted by molar-refractivity contribution is 6.08. The average Bonchev–Trinajstić information content (AvgIpc) is 2.70. The highest BCUT2D eigenvalue weighted by atomic mass is 16.5. The zero-order valence-electron chi connectivity index (χ0n) is 15.0. The highest BCUT2D eigenvalue weighted by Gasteiger charge is 2.14. The van der Waals surface area contributed by atoms with Gasteiger partial charge in [-0.05, 0) is 19.1 Å². The lowest BCUT2D eigenvalue weighted by atomic mass is 10.0. The van der Waals surface area contributed by atoms with E-state index in [0.29, 0.717) is 16.8 Å². The molecule has 136 valence electrons. The topological polar surface area (TPSA) is 66.7 Å². The number of aromatic nitrogens is 2. The number of pyridine rings is 2. The number of hydrogen-bond donors (Lipinski definition) is 1. The van der Waals surface area contributed by atoms with E-state index in [-0.39, 0.29) is 19.2 Å². The van der Waals surface area contributed by atoms with Gasteiger partial charge in [0.25, 0.3) is 13.5 Å². The van der Waals surface area contributed by atoms with E-state index in [1.54, 1.807) is 12.3 Å². The summed E-state index contributed by atoms with van der Waals surface area (Å²) in [6.45, 7) is 2.56. The van der Waals surface area contributed by atoms with E-state index in [9.17, 15) is 4.79 Å². The quantitative estimate of drug-likeness (QED) is 0.230. The molecule has 0 spiro atoms. The van der Waals surface area contributed by atoms with Crippen LogP contribution in [0.1, 0.15) is 27.2 Å². The molecule has 0 aliphatic rings. The number of carbonyl (C=O) groups excluding carboxylic acids is 1. The van der Waals surface area contributed by atoms with Crippen LogP contribution in [0.2, 0.25) is 0 Å². The SMILES string of the molecule is Cc1ccc(C(=O)c2ccc[n+](COC[n+]3ccccc3C=NO)c2)cc1. The second kappa shape index (κ2) is 8.82. The summed E-state index contributed by atoms with van der Waals surface area (Å²) in [6, 6.07) is 16.7. The van der Waals surface area contributed by atoms with Crippen LogP contribution in [-0.4, -0.2) is 17.2 Å². The summed E-state index contributed by atoms with van der Waals surface area (Å²) in [4.78, 5) is 12.6. The van der Waals surface area contributed by atoms with Crippen molar-refractivity contribution in [3.63, 3.8) is 0 Å². The second-order valence-electron chi connectivity index (χ2n) is 6.10. The van der Waals surface area contributed by atoms with Crippen LogP contribution in [0.4, 0.5) is 0 Å². The summed E-state index contributed by atoms with van der Waals surface area (Å²) in [7, 11) is 0. The summed E-state index contributed by atoms with van der Waals surface area (Å²) in [5.74, 6) is -0.0248. The summed E-state index contributed by atoms with van der Waals surface area (Å²) in [5, 5.41) is 11.8. The third-order valence-corrected chi connectivity index (χ3v) is 4.07. The van der Waals surface area contributed by atoms with Crippen molar-refractivity contribution in [1.29, 1.82) is 0 Å². The average molecular weight is 363 g/mol. The first kappa shape index (κ1) is 18.4. The van der Waals surface area contributed by atoms with Crippen LogP contribution in [-0.2, 0) is 18.2 Å². The number of ether oxygens (including phenoxy) is 1. The highest BCUT2D eigenvalue weighted by Crippen LogP contribution is 2.09. The Bertz CT molecular complexity index is 953. The maximum Gasteiger partial charge on any atom is 0.258 e. The monoisotopic (exact) mass is 363 g/mol. The number of nitrogens with zero attached hydrogens (tertiary/aromatic N) is 3. The molecule has 2 heterocycles. The Morgan fingerprint density at radius 1 is 1.04 bits per heavy atom. The lowest BCUT2D eigenvalue weighted by molar-refractivity contribution is -0.788. The van der Waals surface area contributed by atoms with Crippen LogP contribution in [0.25, 0.3) is 0 Å². The van der Waals surface area contributed by atoms with Crippen LogP contribution >= 0.6 is 0 Å². The maximum atomic E-state index is 12.6. The molecule has 27 heavy (non-hydrogen) atoms. The molecule has 3 aromatic rings. The lowest BCUT2D eigenvalue weighted by Crippen LogP contribution is -2.43.